The fourth-order valence-electron chi connectivity index (χ4n) is 1.62. The second kappa shape index (κ2) is 6.85. The summed E-state index contributed by atoms with van der Waals surface area (Å²) < 4.78 is 13.0. The van der Waals surface area contributed by atoms with Crippen LogP contribution in [0.2, 0.25) is 5.02 Å². The molecule has 108 valence electrons. The first-order valence-corrected chi connectivity index (χ1v) is 6.52. The lowest BCUT2D eigenvalue weighted by atomic mass is 10.2. The summed E-state index contributed by atoms with van der Waals surface area (Å²) in [5.74, 6) is -2.21. The quantitative estimate of drug-likeness (QED) is 0.857. The fourth-order valence-corrected chi connectivity index (χ4v) is 1.80. The molecule has 0 aliphatic carbocycles. The van der Waals surface area contributed by atoms with Gasteiger partial charge < -0.3 is 10.6 Å². The lowest BCUT2D eigenvalue weighted by molar-refractivity contribution is -0.136. The number of hydrogen-bond donors (Lipinski definition) is 2. The predicted molar refractivity (Wildman–Crippen MR) is 78.3 cm³/mol. The molecule has 2 N–H and O–H groups in total. The summed E-state index contributed by atoms with van der Waals surface area (Å²) in [5.41, 5.74) is 1.13. The van der Waals surface area contributed by atoms with E-state index in [1.165, 1.54) is 12.1 Å². The van der Waals surface area contributed by atoms with Crippen LogP contribution in [0.3, 0.4) is 0 Å². The van der Waals surface area contributed by atoms with E-state index in [0.29, 0.717) is 0 Å². The Bertz CT molecular complexity index is 662. The van der Waals surface area contributed by atoms with Crippen molar-refractivity contribution >= 4 is 29.1 Å². The van der Waals surface area contributed by atoms with Gasteiger partial charge in [0.25, 0.3) is 0 Å². The highest BCUT2D eigenvalue weighted by molar-refractivity contribution is 6.39. The molecule has 0 heterocycles. The number of amides is 2. The van der Waals surface area contributed by atoms with Gasteiger partial charge in [0.05, 0.1) is 5.02 Å². The molecule has 0 radical (unpaired) electrons. The Balaban J connectivity index is 1.90. The summed E-state index contributed by atoms with van der Waals surface area (Å²) in [6.07, 6.45) is 0. The number of benzene rings is 2. The van der Waals surface area contributed by atoms with E-state index in [0.717, 1.165) is 11.6 Å². The number of carbonyl (C=O) groups is 2. The van der Waals surface area contributed by atoms with E-state index in [9.17, 15) is 14.0 Å². The smallest absolute Gasteiger partial charge is 0.313 e. The van der Waals surface area contributed by atoms with Crippen LogP contribution >= 0.6 is 11.6 Å². The largest absolute Gasteiger partial charge is 0.344 e. The number of halogens is 2. The van der Waals surface area contributed by atoms with Crippen molar-refractivity contribution in [2.24, 2.45) is 0 Å². The third-order valence-corrected chi connectivity index (χ3v) is 2.97. The molecule has 0 fully saturated rings. The zero-order valence-electron chi connectivity index (χ0n) is 10.9. The van der Waals surface area contributed by atoms with Gasteiger partial charge in [0, 0.05) is 12.2 Å². The minimum Gasteiger partial charge on any atom is -0.344 e. The number of carbonyl (C=O) groups excluding carboxylic acids is 2. The van der Waals surface area contributed by atoms with Crippen molar-refractivity contribution < 1.29 is 14.0 Å². The molecule has 2 rings (SSSR count). The van der Waals surface area contributed by atoms with Crippen LogP contribution in [-0.4, -0.2) is 11.8 Å². The molecule has 0 unspecified atom stereocenters. The molecule has 0 aliphatic rings. The molecule has 0 atom stereocenters. The van der Waals surface area contributed by atoms with Gasteiger partial charge in [0.2, 0.25) is 0 Å². The maximum atomic E-state index is 13.0. The molecular weight excluding hydrogens is 295 g/mol. The van der Waals surface area contributed by atoms with Gasteiger partial charge in [-0.2, -0.15) is 0 Å². The summed E-state index contributed by atoms with van der Waals surface area (Å²) in [7, 11) is 0. The molecule has 0 spiro atoms. The van der Waals surface area contributed by atoms with Crippen molar-refractivity contribution in [1.82, 2.24) is 5.32 Å². The highest BCUT2D eigenvalue weighted by Gasteiger charge is 2.13. The summed E-state index contributed by atoms with van der Waals surface area (Å²) in [6, 6.07) is 12.9. The Morgan fingerprint density at radius 1 is 1.05 bits per heavy atom. The number of anilines is 1. The van der Waals surface area contributed by atoms with E-state index in [4.69, 9.17) is 11.6 Å². The van der Waals surface area contributed by atoms with Crippen molar-refractivity contribution in [3.05, 3.63) is 64.9 Å². The lowest BCUT2D eigenvalue weighted by Crippen LogP contribution is -2.34. The zero-order chi connectivity index (χ0) is 15.2. The highest BCUT2D eigenvalue weighted by Crippen LogP contribution is 2.19. The zero-order valence-corrected chi connectivity index (χ0v) is 11.7. The van der Waals surface area contributed by atoms with Gasteiger partial charge in [0.15, 0.2) is 0 Å². The van der Waals surface area contributed by atoms with Gasteiger partial charge in [-0.1, -0.05) is 41.9 Å². The predicted octanol–water partition coefficient (Wildman–Crippen LogP) is 2.73. The average Bonchev–Trinajstić information content (AvgIpc) is 2.49. The first-order valence-electron chi connectivity index (χ1n) is 6.14. The molecule has 0 saturated heterocycles. The van der Waals surface area contributed by atoms with Gasteiger partial charge in [-0.05, 0) is 23.8 Å². The molecule has 2 aromatic rings. The third kappa shape index (κ3) is 4.29. The van der Waals surface area contributed by atoms with Crippen LogP contribution in [0.15, 0.2) is 48.5 Å². The number of rotatable bonds is 3. The molecule has 0 saturated carbocycles. The average molecular weight is 307 g/mol. The lowest BCUT2D eigenvalue weighted by Gasteiger charge is -2.07. The van der Waals surface area contributed by atoms with E-state index in [1.807, 2.05) is 30.3 Å². The Labute approximate surface area is 125 Å². The minimum atomic E-state index is -0.839. The molecule has 0 bridgehead atoms. The van der Waals surface area contributed by atoms with Crippen LogP contribution in [0.1, 0.15) is 5.56 Å². The van der Waals surface area contributed by atoms with Crippen LogP contribution in [0.5, 0.6) is 0 Å². The van der Waals surface area contributed by atoms with Crippen molar-refractivity contribution in [1.29, 1.82) is 0 Å². The Kier molecular flexibility index (Phi) is 4.90. The van der Waals surface area contributed by atoms with E-state index >= 15 is 0 Å². The second-order valence-electron chi connectivity index (χ2n) is 4.25. The maximum Gasteiger partial charge on any atom is 0.313 e. The van der Waals surface area contributed by atoms with Gasteiger partial charge in [0.1, 0.15) is 5.82 Å². The summed E-state index contributed by atoms with van der Waals surface area (Å²) in [4.78, 5) is 23.3. The van der Waals surface area contributed by atoms with Gasteiger partial charge in [-0.3, -0.25) is 9.59 Å². The van der Waals surface area contributed by atoms with Crippen LogP contribution in [0.4, 0.5) is 10.1 Å². The van der Waals surface area contributed by atoms with Gasteiger partial charge >= 0.3 is 11.8 Å². The van der Waals surface area contributed by atoms with Crippen molar-refractivity contribution in [3.63, 3.8) is 0 Å². The Hall–Kier alpha value is -2.40. The second-order valence-corrected chi connectivity index (χ2v) is 4.66. The molecular formula is C15H12ClFN2O2. The van der Waals surface area contributed by atoms with Crippen molar-refractivity contribution in [2.75, 3.05) is 5.32 Å². The topological polar surface area (TPSA) is 58.2 Å². The van der Waals surface area contributed by atoms with Crippen molar-refractivity contribution in [2.45, 2.75) is 6.54 Å². The molecule has 2 aromatic carbocycles. The third-order valence-electron chi connectivity index (χ3n) is 2.68. The Morgan fingerprint density at radius 2 is 1.76 bits per heavy atom. The normalized spacial score (nSPS) is 10.0. The molecule has 6 heteroatoms. The molecule has 21 heavy (non-hydrogen) atoms. The summed E-state index contributed by atoms with van der Waals surface area (Å²) in [6.45, 7) is 0.247. The molecule has 4 nitrogen and oxygen atoms in total. The van der Waals surface area contributed by atoms with Crippen LogP contribution < -0.4 is 10.6 Å². The van der Waals surface area contributed by atoms with Crippen LogP contribution in [0.25, 0.3) is 0 Å². The summed E-state index contributed by atoms with van der Waals surface area (Å²) >= 11 is 5.59. The maximum absolute atomic E-state index is 13.0. The first kappa shape index (κ1) is 15.0. The van der Waals surface area contributed by atoms with E-state index in [2.05, 4.69) is 10.6 Å². The molecule has 2 amide bonds. The van der Waals surface area contributed by atoms with E-state index in [1.54, 1.807) is 0 Å². The molecule has 0 aromatic heterocycles. The first-order chi connectivity index (χ1) is 10.1. The van der Waals surface area contributed by atoms with Crippen molar-refractivity contribution in [3.8, 4) is 0 Å². The standard InChI is InChI=1S/C15H12ClFN2O2/c16-12-8-11(6-7-13(12)17)19-15(21)14(20)18-9-10-4-2-1-3-5-10/h1-8H,9H2,(H,18,20)(H,19,21). The Morgan fingerprint density at radius 3 is 2.43 bits per heavy atom. The number of hydrogen-bond acceptors (Lipinski definition) is 2. The molecule has 0 aliphatic heterocycles. The highest BCUT2D eigenvalue weighted by atomic mass is 35.5. The fraction of sp³-hybridized carbons (Fsp3) is 0.0667. The number of nitrogens with one attached hydrogen (secondary N) is 2. The van der Waals surface area contributed by atoms with Crippen LogP contribution in [-0.2, 0) is 16.1 Å². The van der Waals surface area contributed by atoms with Gasteiger partial charge in [-0.15, -0.1) is 0 Å². The van der Waals surface area contributed by atoms with Crippen LogP contribution in [0, 0.1) is 5.82 Å². The minimum absolute atomic E-state index is 0.127. The monoisotopic (exact) mass is 306 g/mol. The van der Waals surface area contributed by atoms with E-state index in [-0.39, 0.29) is 17.3 Å². The van der Waals surface area contributed by atoms with E-state index < -0.39 is 17.6 Å². The SMILES string of the molecule is O=C(NCc1ccccc1)C(=O)Nc1ccc(F)c(Cl)c1. The van der Waals surface area contributed by atoms with Gasteiger partial charge in [-0.25, -0.2) is 4.39 Å². The summed E-state index contributed by atoms with van der Waals surface area (Å²) in [5, 5.41) is 4.70.